The molecule has 0 saturated heterocycles. The van der Waals surface area contributed by atoms with E-state index >= 15 is 0 Å². The summed E-state index contributed by atoms with van der Waals surface area (Å²) in [6, 6.07) is 6.35. The Morgan fingerprint density at radius 3 is 2.47 bits per heavy atom. The smallest absolute Gasteiger partial charge is 0.267 e. The number of hydrogen-bond acceptors (Lipinski definition) is 4. The van der Waals surface area contributed by atoms with Gasteiger partial charge in [-0.25, -0.2) is 21.6 Å². The number of hydrogen-bond donors (Lipinski definition) is 1. The first-order chi connectivity index (χ1) is 14.3. The molecule has 158 valence electrons. The molecule has 11 heteroatoms. The van der Waals surface area contributed by atoms with Gasteiger partial charge in [0.15, 0.2) is 16.5 Å². The van der Waals surface area contributed by atoms with E-state index in [2.05, 4.69) is 14.9 Å². The molecule has 2 heterocycles. The quantitative estimate of drug-likeness (QED) is 0.462. The lowest BCUT2D eigenvalue weighted by Crippen LogP contribution is -2.17. The molecule has 0 fully saturated rings. The lowest BCUT2D eigenvalue weighted by molar-refractivity contribution is 0.499. The Morgan fingerprint density at radius 2 is 1.73 bits per heavy atom. The minimum absolute atomic E-state index is 0.0635. The second-order valence-electron chi connectivity index (χ2n) is 6.88. The van der Waals surface area contributed by atoms with Gasteiger partial charge in [0.1, 0.15) is 22.5 Å². The summed E-state index contributed by atoms with van der Waals surface area (Å²) in [7, 11) is -4.68. The molecule has 6 nitrogen and oxygen atoms in total. The lowest BCUT2D eigenvalue weighted by atomic mass is 10.2. The van der Waals surface area contributed by atoms with Crippen LogP contribution in [0.15, 0.2) is 35.2 Å². The van der Waals surface area contributed by atoms with E-state index in [9.17, 15) is 21.6 Å². The fourth-order valence-corrected chi connectivity index (χ4v) is 4.80. The largest absolute Gasteiger partial charge is 0.311 e. The molecule has 4 rings (SSSR count). The molecular weight excluding hydrogens is 441 g/mol. The highest BCUT2D eigenvalue weighted by molar-refractivity contribution is 7.92. The van der Waals surface area contributed by atoms with E-state index in [1.807, 2.05) is 4.57 Å². The number of anilines is 1. The maximum atomic E-state index is 14.1. The molecule has 30 heavy (non-hydrogen) atoms. The third-order valence-corrected chi connectivity index (χ3v) is 6.61. The summed E-state index contributed by atoms with van der Waals surface area (Å²) in [5, 5.41) is 7.35. The zero-order valence-electron chi connectivity index (χ0n) is 15.5. The van der Waals surface area contributed by atoms with Crippen molar-refractivity contribution in [3.8, 4) is 11.4 Å². The molecule has 3 aromatic rings. The van der Waals surface area contributed by atoms with E-state index in [-0.39, 0.29) is 11.8 Å². The van der Waals surface area contributed by atoms with Gasteiger partial charge in [-0.1, -0.05) is 18.0 Å². The van der Waals surface area contributed by atoms with Crippen molar-refractivity contribution >= 4 is 27.3 Å². The second-order valence-corrected chi connectivity index (χ2v) is 8.88. The van der Waals surface area contributed by atoms with Gasteiger partial charge in [-0.05, 0) is 37.1 Å². The molecule has 0 radical (unpaired) electrons. The Kier molecular flexibility index (Phi) is 5.46. The van der Waals surface area contributed by atoms with Crippen molar-refractivity contribution in [3.05, 3.63) is 58.6 Å². The van der Waals surface area contributed by atoms with Gasteiger partial charge < -0.3 is 4.57 Å². The molecule has 1 aliphatic heterocycles. The Morgan fingerprint density at radius 1 is 1.00 bits per heavy atom. The number of aromatic nitrogens is 3. The van der Waals surface area contributed by atoms with Crippen LogP contribution in [0.2, 0.25) is 5.02 Å². The highest BCUT2D eigenvalue weighted by Crippen LogP contribution is 2.30. The van der Waals surface area contributed by atoms with E-state index in [0.29, 0.717) is 5.82 Å². The van der Waals surface area contributed by atoms with E-state index in [0.717, 1.165) is 43.6 Å². The molecule has 0 bridgehead atoms. The molecule has 0 spiro atoms. The van der Waals surface area contributed by atoms with Gasteiger partial charge in [-0.15, -0.1) is 10.2 Å². The summed E-state index contributed by atoms with van der Waals surface area (Å²) in [5.74, 6) is -3.08. The van der Waals surface area contributed by atoms with Gasteiger partial charge in [0.25, 0.3) is 10.0 Å². The normalized spacial score (nSPS) is 14.3. The number of benzene rings is 2. The molecule has 1 aromatic heterocycles. The van der Waals surface area contributed by atoms with Crippen LogP contribution >= 0.6 is 11.6 Å². The molecule has 0 atom stereocenters. The third kappa shape index (κ3) is 3.77. The predicted octanol–water partition coefficient (Wildman–Crippen LogP) is 4.54. The average Bonchev–Trinajstić information content (AvgIpc) is 2.94. The van der Waals surface area contributed by atoms with Gasteiger partial charge in [-0.3, -0.25) is 4.72 Å². The zero-order valence-corrected chi connectivity index (χ0v) is 17.1. The van der Waals surface area contributed by atoms with Crippen LogP contribution in [0.5, 0.6) is 0 Å². The third-order valence-electron chi connectivity index (χ3n) is 4.85. The van der Waals surface area contributed by atoms with Crippen LogP contribution in [0.1, 0.15) is 25.1 Å². The lowest BCUT2D eigenvalue weighted by Gasteiger charge is -2.12. The summed E-state index contributed by atoms with van der Waals surface area (Å²) >= 11 is 5.39. The molecule has 2 aromatic carbocycles. The van der Waals surface area contributed by atoms with E-state index in [1.165, 1.54) is 12.1 Å². The van der Waals surface area contributed by atoms with Crippen molar-refractivity contribution in [2.24, 2.45) is 0 Å². The molecular formula is C19H16ClF3N4O2S. The minimum atomic E-state index is -4.68. The fourth-order valence-electron chi connectivity index (χ4n) is 3.39. The minimum Gasteiger partial charge on any atom is -0.311 e. The maximum absolute atomic E-state index is 14.1. The first-order valence-corrected chi connectivity index (χ1v) is 11.0. The number of nitrogens with zero attached hydrogens (tertiary/aromatic N) is 3. The summed E-state index contributed by atoms with van der Waals surface area (Å²) in [4.78, 5) is -1.35. The standard InChI is InChI=1S/C19H16ClF3N4O2S/c20-16-13(21)10-14(22)18(17(16)23)30(28,29)26-12-7-5-11(6-8-12)19-25-24-15-4-2-1-3-9-27(15)19/h5-8,10,26H,1-4,9H2. The number of nitrogens with one attached hydrogen (secondary N) is 1. The highest BCUT2D eigenvalue weighted by atomic mass is 35.5. The SMILES string of the molecule is O=S(=O)(Nc1ccc(-c2nnc3n2CCCCC3)cc1)c1c(F)cc(F)c(Cl)c1F. The highest BCUT2D eigenvalue weighted by Gasteiger charge is 2.28. The van der Waals surface area contributed by atoms with Crippen molar-refractivity contribution in [2.45, 2.75) is 37.1 Å². The molecule has 0 saturated carbocycles. The average molecular weight is 457 g/mol. The first-order valence-electron chi connectivity index (χ1n) is 9.16. The second kappa shape index (κ2) is 7.92. The van der Waals surface area contributed by atoms with Crippen molar-refractivity contribution in [1.29, 1.82) is 0 Å². The van der Waals surface area contributed by atoms with Crippen LogP contribution in [0, 0.1) is 17.5 Å². The molecule has 0 amide bonds. The number of fused-ring (bicyclic) bond motifs is 1. The summed E-state index contributed by atoms with van der Waals surface area (Å²) in [6.07, 6.45) is 4.04. The van der Waals surface area contributed by atoms with E-state index in [4.69, 9.17) is 11.6 Å². The van der Waals surface area contributed by atoms with Crippen molar-refractivity contribution in [2.75, 3.05) is 4.72 Å². The van der Waals surface area contributed by atoms with Gasteiger partial charge >= 0.3 is 0 Å². The maximum Gasteiger partial charge on any atom is 0.267 e. The van der Waals surface area contributed by atoms with Crippen molar-refractivity contribution in [1.82, 2.24) is 14.8 Å². The van der Waals surface area contributed by atoms with Crippen LogP contribution < -0.4 is 4.72 Å². The number of halogens is 4. The molecule has 1 N–H and O–H groups in total. The van der Waals surface area contributed by atoms with Gasteiger partial charge in [0, 0.05) is 30.3 Å². The monoisotopic (exact) mass is 456 g/mol. The Balaban J connectivity index is 1.62. The van der Waals surface area contributed by atoms with Gasteiger partial charge in [0.2, 0.25) is 0 Å². The van der Waals surface area contributed by atoms with Gasteiger partial charge in [0.05, 0.1) is 0 Å². The topological polar surface area (TPSA) is 76.9 Å². The molecule has 0 aliphatic carbocycles. The summed E-state index contributed by atoms with van der Waals surface area (Å²) in [6.45, 7) is 0.802. The van der Waals surface area contributed by atoms with Gasteiger partial charge in [-0.2, -0.15) is 0 Å². The first kappa shape index (κ1) is 20.7. The number of rotatable bonds is 4. The van der Waals surface area contributed by atoms with E-state index in [1.54, 1.807) is 12.1 Å². The predicted molar refractivity (Wildman–Crippen MR) is 105 cm³/mol. The number of sulfonamides is 1. The summed E-state index contributed by atoms with van der Waals surface area (Å²) in [5.41, 5.74) is 0.786. The van der Waals surface area contributed by atoms with Crippen molar-refractivity contribution < 1.29 is 21.6 Å². The summed E-state index contributed by atoms with van der Waals surface area (Å²) < 4.78 is 70.4. The molecule has 1 aliphatic rings. The Hall–Kier alpha value is -2.59. The zero-order chi connectivity index (χ0) is 21.5. The van der Waals surface area contributed by atoms with Crippen LogP contribution in [0.3, 0.4) is 0 Å². The fraction of sp³-hybridized carbons (Fsp3) is 0.263. The van der Waals surface area contributed by atoms with Crippen LogP contribution in [0.4, 0.5) is 18.9 Å². The molecule has 0 unspecified atom stereocenters. The Labute approximate surface area is 175 Å². The van der Waals surface area contributed by atoms with Crippen molar-refractivity contribution in [3.63, 3.8) is 0 Å². The van der Waals surface area contributed by atoms with Crippen LogP contribution in [-0.4, -0.2) is 23.2 Å². The van der Waals surface area contributed by atoms with Crippen LogP contribution in [-0.2, 0) is 23.0 Å². The number of aryl methyl sites for hydroxylation is 1. The van der Waals surface area contributed by atoms with E-state index < -0.39 is 37.4 Å². The Bertz CT molecular complexity index is 1210. The van der Waals surface area contributed by atoms with Crippen LogP contribution in [0.25, 0.3) is 11.4 Å².